The molecule has 0 radical (unpaired) electrons. The second-order valence-electron chi connectivity index (χ2n) is 7.64. The summed E-state index contributed by atoms with van der Waals surface area (Å²) in [6.45, 7) is 2.41. The van der Waals surface area contributed by atoms with Gasteiger partial charge in [-0.05, 0) is 50.8 Å². The molecule has 1 amide bonds. The average Bonchev–Trinajstić information content (AvgIpc) is 3.21. The van der Waals surface area contributed by atoms with E-state index in [2.05, 4.69) is 5.32 Å². The number of rotatable bonds is 6. The number of nitrogens with zero attached hydrogens (tertiary/aromatic N) is 1. The Morgan fingerprint density at radius 2 is 1.79 bits per heavy atom. The highest BCUT2D eigenvalue weighted by molar-refractivity contribution is 7.89. The highest BCUT2D eigenvalue weighted by Gasteiger charge is 2.29. The Hall–Kier alpha value is -1.64. The Morgan fingerprint density at radius 1 is 1.14 bits per heavy atom. The Balaban J connectivity index is 1.71. The van der Waals surface area contributed by atoms with Gasteiger partial charge in [0.15, 0.2) is 6.10 Å². The van der Waals surface area contributed by atoms with Gasteiger partial charge in [-0.2, -0.15) is 4.31 Å². The topological polar surface area (TPSA) is 92.8 Å². The van der Waals surface area contributed by atoms with Crippen molar-refractivity contribution in [2.45, 2.75) is 68.9 Å². The number of piperidine rings is 1. The normalized spacial score (nSPS) is 19.7. The predicted octanol–water partition coefficient (Wildman–Crippen LogP) is 3.12. The molecular weight excluding hydrogens is 416 g/mol. The number of carbonyl (C=O) groups excluding carboxylic acids is 2. The number of hydrogen-bond acceptors (Lipinski definition) is 5. The van der Waals surface area contributed by atoms with Crippen LogP contribution in [0.3, 0.4) is 0 Å². The summed E-state index contributed by atoms with van der Waals surface area (Å²) < 4.78 is 32.4. The van der Waals surface area contributed by atoms with Crippen LogP contribution in [-0.2, 0) is 19.6 Å². The maximum absolute atomic E-state index is 12.9. The van der Waals surface area contributed by atoms with Crippen LogP contribution in [0.1, 0.15) is 62.2 Å². The Bertz CT molecular complexity index is 862. The molecule has 0 bridgehead atoms. The SMILES string of the molecule is C[C@@H](OC(=O)c1cc(S(=O)(=O)N2CCCCC2)ccc1Cl)C(=O)NC1CCCC1. The Kier molecular flexibility index (Phi) is 7.19. The predicted molar refractivity (Wildman–Crippen MR) is 109 cm³/mol. The first-order valence-electron chi connectivity index (χ1n) is 10.1. The van der Waals surface area contributed by atoms with Crippen LogP contribution in [0.4, 0.5) is 0 Å². The lowest BCUT2D eigenvalue weighted by Gasteiger charge is -2.26. The quantitative estimate of drug-likeness (QED) is 0.683. The van der Waals surface area contributed by atoms with E-state index in [0.29, 0.717) is 13.1 Å². The Morgan fingerprint density at radius 3 is 2.45 bits per heavy atom. The summed E-state index contributed by atoms with van der Waals surface area (Å²) in [6.07, 6.45) is 5.64. The number of ether oxygens (including phenoxy) is 1. The van der Waals surface area contributed by atoms with Crippen LogP contribution in [0, 0.1) is 0 Å². The molecule has 3 rings (SSSR count). The third-order valence-corrected chi connectivity index (χ3v) is 7.69. The lowest BCUT2D eigenvalue weighted by atomic mass is 10.2. The molecule has 0 unspecified atom stereocenters. The lowest BCUT2D eigenvalue weighted by molar-refractivity contribution is -0.129. The molecule has 1 N–H and O–H groups in total. The molecule has 2 aliphatic rings. The monoisotopic (exact) mass is 442 g/mol. The zero-order valence-corrected chi connectivity index (χ0v) is 18.1. The molecule has 1 heterocycles. The highest BCUT2D eigenvalue weighted by atomic mass is 35.5. The van der Waals surface area contributed by atoms with Crippen molar-refractivity contribution in [3.8, 4) is 0 Å². The van der Waals surface area contributed by atoms with Crippen LogP contribution in [0.15, 0.2) is 23.1 Å². The number of nitrogens with one attached hydrogen (secondary N) is 1. The van der Waals surface area contributed by atoms with Gasteiger partial charge in [0.25, 0.3) is 5.91 Å². The zero-order valence-electron chi connectivity index (χ0n) is 16.5. The van der Waals surface area contributed by atoms with E-state index >= 15 is 0 Å². The number of carbonyl (C=O) groups is 2. The van der Waals surface area contributed by atoms with Crippen molar-refractivity contribution >= 4 is 33.5 Å². The second kappa shape index (κ2) is 9.45. The number of sulfonamides is 1. The summed E-state index contributed by atoms with van der Waals surface area (Å²) in [5, 5.41) is 2.96. The number of hydrogen-bond donors (Lipinski definition) is 1. The van der Waals surface area contributed by atoms with Gasteiger partial charge in [0.05, 0.1) is 15.5 Å². The molecule has 1 atom stereocenters. The summed E-state index contributed by atoms with van der Waals surface area (Å²) in [5.41, 5.74) is -0.0646. The smallest absolute Gasteiger partial charge is 0.340 e. The minimum absolute atomic E-state index is 0.00110. The van der Waals surface area contributed by atoms with Gasteiger partial charge in [-0.3, -0.25) is 4.79 Å². The molecule has 29 heavy (non-hydrogen) atoms. The number of halogens is 1. The molecule has 1 saturated heterocycles. The van der Waals surface area contributed by atoms with Crippen molar-refractivity contribution in [3.05, 3.63) is 28.8 Å². The Labute approximate surface area is 176 Å². The van der Waals surface area contributed by atoms with Crippen molar-refractivity contribution in [2.75, 3.05) is 13.1 Å². The molecule has 0 aromatic heterocycles. The third-order valence-electron chi connectivity index (χ3n) is 5.47. The molecule has 1 aliphatic carbocycles. The molecule has 2 fully saturated rings. The average molecular weight is 443 g/mol. The summed E-state index contributed by atoms with van der Waals surface area (Å²) in [4.78, 5) is 24.8. The largest absolute Gasteiger partial charge is 0.449 e. The number of esters is 1. The maximum atomic E-state index is 12.9. The molecule has 160 valence electrons. The molecular formula is C20H27ClN2O5S. The van der Waals surface area contributed by atoms with Crippen molar-refractivity contribution in [1.82, 2.24) is 9.62 Å². The van der Waals surface area contributed by atoms with Crippen molar-refractivity contribution < 1.29 is 22.7 Å². The van der Waals surface area contributed by atoms with Gasteiger partial charge in [-0.1, -0.05) is 30.9 Å². The first kappa shape index (κ1) is 22.1. The van der Waals surface area contributed by atoms with Crippen LogP contribution in [0.2, 0.25) is 5.02 Å². The van der Waals surface area contributed by atoms with Crippen LogP contribution in [-0.4, -0.2) is 49.8 Å². The molecule has 1 saturated carbocycles. The fraction of sp³-hybridized carbons (Fsp3) is 0.600. The summed E-state index contributed by atoms with van der Waals surface area (Å²) in [7, 11) is -3.71. The molecule has 1 aromatic rings. The van der Waals surface area contributed by atoms with Crippen LogP contribution >= 0.6 is 11.6 Å². The van der Waals surface area contributed by atoms with Gasteiger partial charge < -0.3 is 10.1 Å². The minimum atomic E-state index is -3.71. The van der Waals surface area contributed by atoms with E-state index in [1.165, 1.54) is 29.4 Å². The summed E-state index contributed by atoms with van der Waals surface area (Å²) >= 11 is 6.12. The van der Waals surface area contributed by atoms with Gasteiger partial charge in [0.1, 0.15) is 0 Å². The lowest BCUT2D eigenvalue weighted by Crippen LogP contribution is -2.40. The van der Waals surface area contributed by atoms with E-state index in [1.54, 1.807) is 0 Å². The van der Waals surface area contributed by atoms with E-state index in [9.17, 15) is 18.0 Å². The van der Waals surface area contributed by atoms with Gasteiger partial charge in [0.2, 0.25) is 10.0 Å². The van der Waals surface area contributed by atoms with Gasteiger partial charge >= 0.3 is 5.97 Å². The summed E-state index contributed by atoms with van der Waals surface area (Å²) in [5.74, 6) is -1.18. The summed E-state index contributed by atoms with van der Waals surface area (Å²) in [6, 6.07) is 4.11. The van der Waals surface area contributed by atoms with Crippen LogP contribution < -0.4 is 5.32 Å². The van der Waals surface area contributed by atoms with E-state index in [0.717, 1.165) is 44.9 Å². The fourth-order valence-corrected chi connectivity index (χ4v) is 5.48. The molecule has 7 nitrogen and oxygen atoms in total. The van der Waals surface area contributed by atoms with Crippen LogP contribution in [0.25, 0.3) is 0 Å². The van der Waals surface area contributed by atoms with E-state index in [4.69, 9.17) is 16.3 Å². The van der Waals surface area contributed by atoms with Gasteiger partial charge in [0, 0.05) is 19.1 Å². The standard InChI is InChI=1S/C20H27ClN2O5S/c1-14(19(24)22-15-7-3-4-8-15)28-20(25)17-13-16(9-10-18(17)21)29(26,27)23-11-5-2-6-12-23/h9-10,13-15H,2-8,11-12H2,1H3,(H,22,24)/t14-/m1/s1. The van der Waals surface area contributed by atoms with Crippen molar-refractivity contribution in [3.63, 3.8) is 0 Å². The third kappa shape index (κ3) is 5.29. The van der Waals surface area contributed by atoms with Gasteiger partial charge in [-0.15, -0.1) is 0 Å². The molecule has 0 spiro atoms. The second-order valence-corrected chi connectivity index (χ2v) is 9.99. The molecule has 1 aliphatic heterocycles. The fourth-order valence-electron chi connectivity index (χ4n) is 3.74. The molecule has 9 heteroatoms. The number of benzene rings is 1. The van der Waals surface area contributed by atoms with E-state index in [-0.39, 0.29) is 27.4 Å². The van der Waals surface area contributed by atoms with Gasteiger partial charge in [-0.25, -0.2) is 13.2 Å². The number of amides is 1. The van der Waals surface area contributed by atoms with Crippen molar-refractivity contribution in [1.29, 1.82) is 0 Å². The van der Waals surface area contributed by atoms with Crippen molar-refractivity contribution in [2.24, 2.45) is 0 Å². The molecule has 1 aromatic carbocycles. The van der Waals surface area contributed by atoms with Crippen LogP contribution in [0.5, 0.6) is 0 Å². The zero-order chi connectivity index (χ0) is 21.0. The first-order valence-corrected chi connectivity index (χ1v) is 11.9. The maximum Gasteiger partial charge on any atom is 0.340 e. The van der Waals surface area contributed by atoms with E-state index in [1.807, 2.05) is 0 Å². The first-order chi connectivity index (χ1) is 13.8. The van der Waals surface area contributed by atoms with E-state index < -0.39 is 22.1 Å². The highest BCUT2D eigenvalue weighted by Crippen LogP contribution is 2.26. The minimum Gasteiger partial charge on any atom is -0.449 e.